The average molecular weight is 320 g/mol. The molecule has 21 heavy (non-hydrogen) atoms. The van der Waals surface area contributed by atoms with Crippen LogP contribution in [0.5, 0.6) is 5.75 Å². The summed E-state index contributed by atoms with van der Waals surface area (Å²) in [6.45, 7) is 0. The fraction of sp³-hybridized carbons (Fsp3) is 0.0667. The quantitative estimate of drug-likeness (QED) is 0.769. The smallest absolute Gasteiger partial charge is 0.135 e. The van der Waals surface area contributed by atoms with Gasteiger partial charge in [-0.3, -0.25) is 0 Å². The van der Waals surface area contributed by atoms with Crippen LogP contribution in [0.25, 0.3) is 22.0 Å². The van der Waals surface area contributed by atoms with E-state index in [1.807, 2.05) is 18.2 Å². The van der Waals surface area contributed by atoms with Crippen molar-refractivity contribution in [3.05, 3.63) is 46.7 Å². The van der Waals surface area contributed by atoms with Crippen LogP contribution in [0, 0.1) is 0 Å². The molecule has 2 aromatic carbocycles. The largest absolute Gasteiger partial charge is 0.496 e. The number of ether oxygens (including phenoxy) is 1. The molecule has 0 aliphatic carbocycles. The van der Waals surface area contributed by atoms with E-state index in [0.717, 1.165) is 22.0 Å². The zero-order valence-electron chi connectivity index (χ0n) is 11.1. The van der Waals surface area contributed by atoms with E-state index in [0.29, 0.717) is 21.6 Å². The molecule has 0 saturated carbocycles. The number of anilines is 1. The summed E-state index contributed by atoms with van der Waals surface area (Å²) in [6.07, 6.45) is 1.43. The van der Waals surface area contributed by atoms with Crippen molar-refractivity contribution in [3.8, 4) is 16.9 Å². The molecule has 4 nitrogen and oxygen atoms in total. The van der Waals surface area contributed by atoms with Crippen molar-refractivity contribution < 1.29 is 4.74 Å². The van der Waals surface area contributed by atoms with E-state index in [4.69, 9.17) is 33.7 Å². The minimum Gasteiger partial charge on any atom is -0.496 e. The first kappa shape index (κ1) is 13.9. The molecule has 0 bridgehead atoms. The van der Waals surface area contributed by atoms with Gasteiger partial charge in [0.25, 0.3) is 0 Å². The van der Waals surface area contributed by atoms with Crippen molar-refractivity contribution in [2.45, 2.75) is 0 Å². The molecule has 0 spiro atoms. The van der Waals surface area contributed by atoms with Gasteiger partial charge in [-0.05, 0) is 29.8 Å². The second kappa shape index (κ2) is 5.39. The van der Waals surface area contributed by atoms with Gasteiger partial charge in [-0.1, -0.05) is 29.3 Å². The van der Waals surface area contributed by atoms with E-state index in [1.54, 1.807) is 19.2 Å². The van der Waals surface area contributed by atoms with Crippen LogP contribution in [0.1, 0.15) is 0 Å². The first-order valence-electron chi connectivity index (χ1n) is 6.14. The number of nitrogen functional groups attached to an aromatic ring is 1. The number of hydrogen-bond donors (Lipinski definition) is 1. The molecule has 0 saturated heterocycles. The van der Waals surface area contributed by atoms with E-state index in [1.165, 1.54) is 6.33 Å². The van der Waals surface area contributed by atoms with Crippen molar-refractivity contribution in [2.24, 2.45) is 0 Å². The third-order valence-electron chi connectivity index (χ3n) is 3.22. The maximum absolute atomic E-state index is 6.11. The van der Waals surface area contributed by atoms with Crippen LogP contribution in [0.2, 0.25) is 10.0 Å². The van der Waals surface area contributed by atoms with E-state index >= 15 is 0 Å². The van der Waals surface area contributed by atoms with Gasteiger partial charge in [-0.25, -0.2) is 9.97 Å². The number of methoxy groups -OCH3 is 1. The number of halogens is 2. The Morgan fingerprint density at radius 1 is 1.05 bits per heavy atom. The molecule has 0 unspecified atom stereocenters. The van der Waals surface area contributed by atoms with Gasteiger partial charge in [0.2, 0.25) is 0 Å². The molecular weight excluding hydrogens is 309 g/mol. The summed E-state index contributed by atoms with van der Waals surface area (Å²) in [4.78, 5) is 8.30. The predicted octanol–water partition coefficient (Wildman–Crippen LogP) is 4.19. The summed E-state index contributed by atoms with van der Waals surface area (Å²) >= 11 is 12.1. The highest BCUT2D eigenvalue weighted by molar-refractivity contribution is 6.42. The zero-order chi connectivity index (χ0) is 15.0. The second-order valence-corrected chi connectivity index (χ2v) is 5.24. The van der Waals surface area contributed by atoms with E-state index in [9.17, 15) is 0 Å². The number of hydrogen-bond acceptors (Lipinski definition) is 4. The summed E-state index contributed by atoms with van der Waals surface area (Å²) in [5.74, 6) is 1.06. The van der Waals surface area contributed by atoms with Crippen LogP contribution in [0.15, 0.2) is 36.7 Å². The molecule has 1 aromatic heterocycles. The molecule has 0 aliphatic heterocycles. The molecule has 0 amide bonds. The molecule has 0 fully saturated rings. The molecule has 1 heterocycles. The van der Waals surface area contributed by atoms with Gasteiger partial charge >= 0.3 is 0 Å². The lowest BCUT2D eigenvalue weighted by Crippen LogP contribution is -1.97. The molecular formula is C15H11Cl2N3O. The Balaban J connectivity index is 2.41. The summed E-state index contributed by atoms with van der Waals surface area (Å²) < 4.78 is 5.45. The third kappa shape index (κ3) is 2.37. The summed E-state index contributed by atoms with van der Waals surface area (Å²) in [6, 6.07) is 9.04. The van der Waals surface area contributed by atoms with Crippen molar-refractivity contribution in [2.75, 3.05) is 12.8 Å². The van der Waals surface area contributed by atoms with E-state index in [-0.39, 0.29) is 0 Å². The van der Waals surface area contributed by atoms with Gasteiger partial charge in [-0.15, -0.1) is 0 Å². The minimum atomic E-state index is 0.389. The summed E-state index contributed by atoms with van der Waals surface area (Å²) in [5, 5.41) is 1.68. The number of rotatable bonds is 2. The Kier molecular flexibility index (Phi) is 3.57. The Hall–Kier alpha value is -2.04. The lowest BCUT2D eigenvalue weighted by atomic mass is 9.99. The normalized spacial score (nSPS) is 10.8. The maximum atomic E-state index is 6.11. The Bertz CT molecular complexity index is 837. The molecule has 2 N–H and O–H groups in total. The second-order valence-electron chi connectivity index (χ2n) is 4.42. The first-order chi connectivity index (χ1) is 10.1. The molecule has 6 heteroatoms. The van der Waals surface area contributed by atoms with Crippen LogP contribution in [0.4, 0.5) is 5.82 Å². The fourth-order valence-corrected chi connectivity index (χ4v) is 2.56. The van der Waals surface area contributed by atoms with Gasteiger partial charge in [0.1, 0.15) is 17.9 Å². The van der Waals surface area contributed by atoms with Crippen LogP contribution in [-0.2, 0) is 0 Å². The minimum absolute atomic E-state index is 0.389. The number of benzene rings is 2. The molecule has 0 aliphatic rings. The fourth-order valence-electron chi connectivity index (χ4n) is 2.27. The molecule has 3 aromatic rings. The Morgan fingerprint density at radius 2 is 1.86 bits per heavy atom. The lowest BCUT2D eigenvalue weighted by molar-refractivity contribution is 0.417. The van der Waals surface area contributed by atoms with Crippen LogP contribution in [-0.4, -0.2) is 17.1 Å². The lowest BCUT2D eigenvalue weighted by Gasteiger charge is -2.13. The molecule has 0 radical (unpaired) electrons. The Morgan fingerprint density at radius 3 is 2.57 bits per heavy atom. The number of nitrogens with two attached hydrogens (primary N) is 1. The maximum Gasteiger partial charge on any atom is 0.135 e. The molecule has 106 valence electrons. The highest BCUT2D eigenvalue weighted by atomic mass is 35.5. The van der Waals surface area contributed by atoms with Gasteiger partial charge in [0, 0.05) is 5.56 Å². The highest BCUT2D eigenvalue weighted by Crippen LogP contribution is 2.40. The van der Waals surface area contributed by atoms with Crippen LogP contribution < -0.4 is 10.5 Å². The molecule has 0 atom stereocenters. The molecule has 3 rings (SSSR count). The number of fused-ring (bicyclic) bond motifs is 1. The SMILES string of the molecule is COc1ccc2ncnc(N)c2c1-c1ccc(Cl)c(Cl)c1. The standard InChI is InChI=1S/C15H11Cl2N3O/c1-21-12-5-4-11-14(15(18)20-7-19-11)13(12)8-2-3-9(16)10(17)6-8/h2-7H,1H3,(H2,18,19,20). The van der Waals surface area contributed by atoms with Gasteiger partial charge < -0.3 is 10.5 Å². The third-order valence-corrected chi connectivity index (χ3v) is 3.96. The average Bonchev–Trinajstić information content (AvgIpc) is 2.49. The van der Waals surface area contributed by atoms with Crippen molar-refractivity contribution in [1.82, 2.24) is 9.97 Å². The summed E-state index contributed by atoms with van der Waals surface area (Å²) in [5.41, 5.74) is 8.40. The van der Waals surface area contributed by atoms with E-state index in [2.05, 4.69) is 9.97 Å². The first-order valence-corrected chi connectivity index (χ1v) is 6.90. The number of aromatic nitrogens is 2. The zero-order valence-corrected chi connectivity index (χ0v) is 12.6. The van der Waals surface area contributed by atoms with Crippen molar-refractivity contribution in [3.63, 3.8) is 0 Å². The van der Waals surface area contributed by atoms with Crippen molar-refractivity contribution in [1.29, 1.82) is 0 Å². The van der Waals surface area contributed by atoms with Gasteiger partial charge in [-0.2, -0.15) is 0 Å². The van der Waals surface area contributed by atoms with Crippen LogP contribution in [0.3, 0.4) is 0 Å². The monoisotopic (exact) mass is 319 g/mol. The Labute approximate surface area is 131 Å². The highest BCUT2D eigenvalue weighted by Gasteiger charge is 2.15. The van der Waals surface area contributed by atoms with Crippen LogP contribution >= 0.6 is 23.2 Å². The summed E-state index contributed by atoms with van der Waals surface area (Å²) in [7, 11) is 1.60. The number of nitrogens with zero attached hydrogens (tertiary/aromatic N) is 2. The van der Waals surface area contributed by atoms with Gasteiger partial charge in [0.05, 0.1) is 28.1 Å². The van der Waals surface area contributed by atoms with E-state index < -0.39 is 0 Å². The van der Waals surface area contributed by atoms with Gasteiger partial charge in [0.15, 0.2) is 0 Å². The predicted molar refractivity (Wildman–Crippen MR) is 86.0 cm³/mol. The topological polar surface area (TPSA) is 61.0 Å². The van der Waals surface area contributed by atoms with Crippen molar-refractivity contribution >= 4 is 39.9 Å².